The maximum atomic E-state index is 13.0. The zero-order valence-electron chi connectivity index (χ0n) is 8.16. The number of rotatable bonds is 3. The first-order valence-electron chi connectivity index (χ1n) is 4.92. The third-order valence-electron chi connectivity index (χ3n) is 2.70. The van der Waals surface area contributed by atoms with Gasteiger partial charge < -0.3 is 10.4 Å². The van der Waals surface area contributed by atoms with Crippen LogP contribution in [0.1, 0.15) is 24.3 Å². The van der Waals surface area contributed by atoms with Crippen LogP contribution in [0.4, 0.5) is 10.1 Å². The molecule has 4 heteroatoms. The molecule has 0 aromatic heterocycles. The highest BCUT2D eigenvalue weighted by Gasteiger charge is 2.22. The fraction of sp³-hybridized carbons (Fsp3) is 0.364. The number of carbonyl (C=O) groups is 1. The van der Waals surface area contributed by atoms with Crippen molar-refractivity contribution in [2.45, 2.75) is 18.8 Å². The van der Waals surface area contributed by atoms with Gasteiger partial charge in [-0.3, -0.25) is 4.79 Å². The third-order valence-corrected chi connectivity index (χ3v) is 2.70. The van der Waals surface area contributed by atoms with Crippen molar-refractivity contribution >= 4 is 11.7 Å². The number of anilines is 1. The maximum Gasteiger partial charge on any atom is 0.303 e. The summed E-state index contributed by atoms with van der Waals surface area (Å²) < 4.78 is 13.0. The molecule has 0 amide bonds. The first-order chi connectivity index (χ1) is 7.16. The molecule has 1 aliphatic rings. The van der Waals surface area contributed by atoms with Crippen molar-refractivity contribution in [1.82, 2.24) is 0 Å². The molecule has 0 aliphatic carbocycles. The maximum absolute atomic E-state index is 13.0. The van der Waals surface area contributed by atoms with Crippen LogP contribution in [0.5, 0.6) is 0 Å². The van der Waals surface area contributed by atoms with Gasteiger partial charge in [-0.1, -0.05) is 0 Å². The predicted molar refractivity (Wildman–Crippen MR) is 54.5 cm³/mol. The van der Waals surface area contributed by atoms with Crippen LogP contribution < -0.4 is 5.32 Å². The van der Waals surface area contributed by atoms with Crippen LogP contribution >= 0.6 is 0 Å². The lowest BCUT2D eigenvalue weighted by Crippen LogP contribution is -2.05. The first kappa shape index (κ1) is 9.96. The highest BCUT2D eigenvalue weighted by atomic mass is 19.1. The van der Waals surface area contributed by atoms with E-state index in [4.69, 9.17) is 5.11 Å². The molecule has 2 N–H and O–H groups in total. The molecule has 1 aromatic carbocycles. The second kappa shape index (κ2) is 3.88. The standard InChI is InChI=1S/C11H12FNO2/c12-8-2-3-10-9(5-8)7(6-13-10)1-4-11(14)15/h2-3,5,7,13H,1,4,6H2,(H,14,15). The number of fused-ring (bicyclic) bond motifs is 1. The lowest BCUT2D eigenvalue weighted by molar-refractivity contribution is -0.137. The first-order valence-corrected chi connectivity index (χ1v) is 4.92. The Bertz CT molecular complexity index is 392. The van der Waals surface area contributed by atoms with E-state index in [0.29, 0.717) is 13.0 Å². The Morgan fingerprint density at radius 1 is 1.60 bits per heavy atom. The third kappa shape index (κ3) is 2.09. The van der Waals surface area contributed by atoms with Crippen molar-refractivity contribution in [2.24, 2.45) is 0 Å². The average molecular weight is 209 g/mol. The van der Waals surface area contributed by atoms with E-state index in [2.05, 4.69) is 5.32 Å². The topological polar surface area (TPSA) is 49.3 Å². The normalized spacial score (nSPS) is 18.3. The van der Waals surface area contributed by atoms with Crippen LogP contribution in [-0.2, 0) is 4.79 Å². The summed E-state index contributed by atoms with van der Waals surface area (Å²) in [6, 6.07) is 4.60. The van der Waals surface area contributed by atoms with Gasteiger partial charge in [0.2, 0.25) is 0 Å². The summed E-state index contributed by atoms with van der Waals surface area (Å²) in [4.78, 5) is 10.4. The predicted octanol–water partition coefficient (Wildman–Crippen LogP) is 2.20. The quantitative estimate of drug-likeness (QED) is 0.802. The van der Waals surface area contributed by atoms with Crippen molar-refractivity contribution in [2.75, 3.05) is 11.9 Å². The van der Waals surface area contributed by atoms with Gasteiger partial charge in [-0.2, -0.15) is 0 Å². The van der Waals surface area contributed by atoms with Gasteiger partial charge >= 0.3 is 5.97 Å². The van der Waals surface area contributed by atoms with Crippen LogP contribution in [0.2, 0.25) is 0 Å². The van der Waals surface area contributed by atoms with E-state index in [0.717, 1.165) is 11.3 Å². The summed E-state index contributed by atoms with van der Waals surface area (Å²) in [5.41, 5.74) is 1.82. The lowest BCUT2D eigenvalue weighted by Gasteiger charge is -2.07. The van der Waals surface area contributed by atoms with Gasteiger partial charge in [0.15, 0.2) is 0 Å². The number of aliphatic carboxylic acids is 1. The van der Waals surface area contributed by atoms with Crippen LogP contribution in [0.3, 0.4) is 0 Å². The average Bonchev–Trinajstić information content (AvgIpc) is 2.57. The largest absolute Gasteiger partial charge is 0.481 e. The summed E-state index contributed by atoms with van der Waals surface area (Å²) in [6.45, 7) is 0.700. The van der Waals surface area contributed by atoms with Crippen LogP contribution in [0.25, 0.3) is 0 Å². The second-order valence-corrected chi connectivity index (χ2v) is 3.74. The fourth-order valence-electron chi connectivity index (χ4n) is 1.93. The molecule has 1 heterocycles. The monoisotopic (exact) mass is 209 g/mol. The fourth-order valence-corrected chi connectivity index (χ4v) is 1.93. The van der Waals surface area contributed by atoms with Crippen molar-refractivity contribution < 1.29 is 14.3 Å². The van der Waals surface area contributed by atoms with Gasteiger partial charge in [0.1, 0.15) is 5.82 Å². The Kier molecular flexibility index (Phi) is 2.58. The molecule has 3 nitrogen and oxygen atoms in total. The molecule has 80 valence electrons. The van der Waals surface area contributed by atoms with Crippen molar-refractivity contribution in [1.29, 1.82) is 0 Å². The molecule has 0 saturated heterocycles. The van der Waals surface area contributed by atoms with Crippen molar-refractivity contribution in [3.05, 3.63) is 29.6 Å². The van der Waals surface area contributed by atoms with Crippen molar-refractivity contribution in [3.8, 4) is 0 Å². The van der Waals surface area contributed by atoms with Gasteiger partial charge in [0.25, 0.3) is 0 Å². The smallest absolute Gasteiger partial charge is 0.303 e. The zero-order chi connectivity index (χ0) is 10.8. The van der Waals surface area contributed by atoms with E-state index in [1.165, 1.54) is 12.1 Å². The van der Waals surface area contributed by atoms with E-state index >= 15 is 0 Å². The van der Waals surface area contributed by atoms with Gasteiger partial charge in [-0.15, -0.1) is 0 Å². The highest BCUT2D eigenvalue weighted by molar-refractivity contribution is 5.67. The summed E-state index contributed by atoms with van der Waals surface area (Å²) in [7, 11) is 0. The molecule has 0 radical (unpaired) electrons. The molecule has 2 rings (SSSR count). The Hall–Kier alpha value is -1.58. The van der Waals surface area contributed by atoms with E-state index in [1.807, 2.05) is 0 Å². The van der Waals surface area contributed by atoms with Crippen LogP contribution in [0.15, 0.2) is 18.2 Å². The number of carboxylic acids is 1. The molecule has 0 fully saturated rings. The minimum Gasteiger partial charge on any atom is -0.481 e. The van der Waals surface area contributed by atoms with Crippen LogP contribution in [-0.4, -0.2) is 17.6 Å². The Morgan fingerprint density at radius 2 is 2.40 bits per heavy atom. The zero-order valence-corrected chi connectivity index (χ0v) is 8.16. The molecule has 0 bridgehead atoms. The van der Waals surface area contributed by atoms with E-state index in [-0.39, 0.29) is 18.2 Å². The summed E-state index contributed by atoms with van der Waals surface area (Å²) >= 11 is 0. The van der Waals surface area contributed by atoms with E-state index in [9.17, 15) is 9.18 Å². The summed E-state index contributed by atoms with van der Waals surface area (Å²) in [6.07, 6.45) is 0.682. The summed E-state index contributed by atoms with van der Waals surface area (Å²) in [5.74, 6) is -0.954. The number of halogens is 1. The number of hydrogen-bond acceptors (Lipinski definition) is 2. The lowest BCUT2D eigenvalue weighted by atomic mass is 9.96. The molecule has 15 heavy (non-hydrogen) atoms. The van der Waals surface area contributed by atoms with Crippen LogP contribution in [0, 0.1) is 5.82 Å². The molecule has 0 saturated carbocycles. The van der Waals surface area contributed by atoms with Gasteiger partial charge in [0, 0.05) is 24.6 Å². The number of hydrogen-bond donors (Lipinski definition) is 2. The SMILES string of the molecule is O=C(O)CCC1CNc2ccc(F)cc21. The van der Waals surface area contributed by atoms with E-state index in [1.54, 1.807) is 6.07 Å². The molecule has 1 unspecified atom stereocenters. The highest BCUT2D eigenvalue weighted by Crippen LogP contribution is 2.34. The number of carboxylic acid groups (broad SMARTS) is 1. The molecule has 1 aliphatic heterocycles. The van der Waals surface area contributed by atoms with Gasteiger partial charge in [0.05, 0.1) is 0 Å². The minimum atomic E-state index is -0.806. The molecule has 1 aromatic rings. The molecule has 1 atom stereocenters. The molecular weight excluding hydrogens is 197 g/mol. The summed E-state index contributed by atoms with van der Waals surface area (Å²) in [5, 5.41) is 11.7. The molecular formula is C11H12FNO2. The molecule has 0 spiro atoms. The minimum absolute atomic E-state index is 0.117. The van der Waals surface area contributed by atoms with E-state index < -0.39 is 5.97 Å². The van der Waals surface area contributed by atoms with Crippen molar-refractivity contribution in [3.63, 3.8) is 0 Å². The van der Waals surface area contributed by atoms with Gasteiger partial charge in [-0.05, 0) is 30.2 Å². The number of nitrogens with one attached hydrogen (secondary N) is 1. The Morgan fingerprint density at radius 3 is 3.13 bits per heavy atom. The second-order valence-electron chi connectivity index (χ2n) is 3.74. The van der Waals surface area contributed by atoms with Gasteiger partial charge in [-0.25, -0.2) is 4.39 Å². The Labute approximate surface area is 86.9 Å². The number of benzene rings is 1. The Balaban J connectivity index is 2.13.